The van der Waals surface area contributed by atoms with E-state index in [0.29, 0.717) is 12.3 Å². The minimum atomic E-state index is 0.269. The molecular formula is C20H29NO. The molecule has 0 atom stereocenters. The topological polar surface area (TPSA) is 20.3 Å². The summed E-state index contributed by atoms with van der Waals surface area (Å²) >= 11 is 0. The lowest BCUT2D eigenvalue weighted by atomic mass is 9.89. The van der Waals surface area contributed by atoms with Crippen LogP contribution in [0, 0.1) is 18.3 Å². The van der Waals surface area contributed by atoms with Gasteiger partial charge in [0.25, 0.3) is 0 Å². The number of terminal acetylenes is 1. The van der Waals surface area contributed by atoms with Gasteiger partial charge in [-0.15, -0.1) is 6.42 Å². The number of allylic oxidation sites excluding steroid dienone is 5. The standard InChI is InChI=1S/C20H29NO/c1-6-8-17(4)15-20(22)21-13-11-19(12-14-21)18(5)10-9-16(3)7-2/h2,8-10,19H,6,11-15H2,1,3-5H3/b16-9+,17-8-,18-10+. The molecule has 0 unspecified atom stereocenters. The second-order valence-electron chi connectivity index (χ2n) is 6.20. The van der Waals surface area contributed by atoms with E-state index in [1.54, 1.807) is 0 Å². The van der Waals surface area contributed by atoms with Crippen molar-refractivity contribution in [3.05, 3.63) is 34.9 Å². The molecule has 0 aromatic rings. The van der Waals surface area contributed by atoms with Gasteiger partial charge in [0.2, 0.25) is 5.91 Å². The first kappa shape index (κ1) is 18.3. The van der Waals surface area contributed by atoms with E-state index in [1.165, 1.54) is 11.1 Å². The van der Waals surface area contributed by atoms with Crippen LogP contribution in [0.5, 0.6) is 0 Å². The van der Waals surface area contributed by atoms with E-state index < -0.39 is 0 Å². The van der Waals surface area contributed by atoms with Crippen molar-refractivity contribution in [3.8, 4) is 12.3 Å². The molecule has 0 aromatic heterocycles. The average Bonchev–Trinajstić information content (AvgIpc) is 2.52. The molecule has 0 bridgehead atoms. The molecule has 22 heavy (non-hydrogen) atoms. The number of piperidine rings is 1. The zero-order valence-electron chi connectivity index (χ0n) is 14.5. The van der Waals surface area contributed by atoms with Gasteiger partial charge in [-0.05, 0) is 51.5 Å². The predicted molar refractivity (Wildman–Crippen MR) is 94.3 cm³/mol. The van der Waals surface area contributed by atoms with Gasteiger partial charge < -0.3 is 4.90 Å². The van der Waals surface area contributed by atoms with E-state index in [4.69, 9.17) is 6.42 Å². The highest BCUT2D eigenvalue weighted by molar-refractivity contribution is 5.78. The van der Waals surface area contributed by atoms with Crippen molar-refractivity contribution in [1.29, 1.82) is 0 Å². The van der Waals surface area contributed by atoms with Gasteiger partial charge in [-0.25, -0.2) is 0 Å². The van der Waals surface area contributed by atoms with Crippen molar-refractivity contribution >= 4 is 5.91 Å². The molecule has 0 aromatic carbocycles. The summed E-state index contributed by atoms with van der Waals surface area (Å²) in [6.45, 7) is 9.98. The molecule has 2 heteroatoms. The summed E-state index contributed by atoms with van der Waals surface area (Å²) in [6.07, 6.45) is 15.3. The Morgan fingerprint density at radius 3 is 2.41 bits per heavy atom. The summed E-state index contributed by atoms with van der Waals surface area (Å²) in [6, 6.07) is 0. The molecule has 1 amide bonds. The van der Waals surface area contributed by atoms with Crippen molar-refractivity contribution in [2.24, 2.45) is 5.92 Å². The minimum Gasteiger partial charge on any atom is -0.342 e. The van der Waals surface area contributed by atoms with Crippen molar-refractivity contribution in [1.82, 2.24) is 4.90 Å². The van der Waals surface area contributed by atoms with Gasteiger partial charge in [0.15, 0.2) is 0 Å². The van der Waals surface area contributed by atoms with Crippen molar-refractivity contribution in [2.45, 2.75) is 53.4 Å². The van der Waals surface area contributed by atoms with Crippen LogP contribution in [0.25, 0.3) is 0 Å². The first-order valence-electron chi connectivity index (χ1n) is 8.23. The van der Waals surface area contributed by atoms with Gasteiger partial charge in [0.05, 0.1) is 0 Å². The van der Waals surface area contributed by atoms with Gasteiger partial charge in [0, 0.05) is 19.5 Å². The minimum absolute atomic E-state index is 0.269. The molecule has 1 aliphatic rings. The normalized spacial score (nSPS) is 18.3. The molecule has 1 aliphatic heterocycles. The fourth-order valence-electron chi connectivity index (χ4n) is 2.80. The van der Waals surface area contributed by atoms with E-state index in [-0.39, 0.29) is 5.91 Å². The Labute approximate surface area is 136 Å². The largest absolute Gasteiger partial charge is 0.342 e. The van der Waals surface area contributed by atoms with Crippen LogP contribution < -0.4 is 0 Å². The molecule has 0 aliphatic carbocycles. The van der Waals surface area contributed by atoms with Crippen LogP contribution in [0.3, 0.4) is 0 Å². The Morgan fingerprint density at radius 1 is 1.23 bits per heavy atom. The molecule has 0 saturated carbocycles. The van der Waals surface area contributed by atoms with Gasteiger partial charge in [0.1, 0.15) is 0 Å². The van der Waals surface area contributed by atoms with Gasteiger partial charge in [-0.3, -0.25) is 4.79 Å². The highest BCUT2D eigenvalue weighted by atomic mass is 16.2. The fourth-order valence-corrected chi connectivity index (χ4v) is 2.80. The number of hydrogen-bond acceptors (Lipinski definition) is 1. The third-order valence-electron chi connectivity index (χ3n) is 4.30. The lowest BCUT2D eigenvalue weighted by Crippen LogP contribution is -2.38. The smallest absolute Gasteiger partial charge is 0.226 e. The molecule has 2 nitrogen and oxygen atoms in total. The lowest BCUT2D eigenvalue weighted by Gasteiger charge is -2.32. The summed E-state index contributed by atoms with van der Waals surface area (Å²) in [5.41, 5.74) is 3.49. The van der Waals surface area contributed by atoms with Crippen LogP contribution in [0.2, 0.25) is 0 Å². The van der Waals surface area contributed by atoms with Crippen LogP contribution in [0.1, 0.15) is 53.4 Å². The summed E-state index contributed by atoms with van der Waals surface area (Å²) in [5, 5.41) is 0. The van der Waals surface area contributed by atoms with Crippen LogP contribution in [0.15, 0.2) is 34.9 Å². The Bertz CT molecular complexity index is 508. The third kappa shape index (κ3) is 5.93. The molecule has 0 N–H and O–H groups in total. The number of rotatable bonds is 5. The third-order valence-corrected chi connectivity index (χ3v) is 4.30. The lowest BCUT2D eigenvalue weighted by molar-refractivity contribution is -0.131. The number of carbonyl (C=O) groups is 1. The van der Waals surface area contributed by atoms with Crippen LogP contribution in [-0.4, -0.2) is 23.9 Å². The molecule has 1 saturated heterocycles. The zero-order chi connectivity index (χ0) is 16.5. The molecular weight excluding hydrogens is 270 g/mol. The van der Waals surface area contributed by atoms with E-state index in [0.717, 1.165) is 37.9 Å². The van der Waals surface area contributed by atoms with Gasteiger partial charge in [-0.1, -0.05) is 42.2 Å². The molecule has 0 radical (unpaired) electrons. The second-order valence-corrected chi connectivity index (χ2v) is 6.20. The van der Waals surface area contributed by atoms with Crippen molar-refractivity contribution in [3.63, 3.8) is 0 Å². The van der Waals surface area contributed by atoms with E-state index in [9.17, 15) is 4.79 Å². The summed E-state index contributed by atoms with van der Waals surface area (Å²) in [4.78, 5) is 14.3. The molecule has 1 heterocycles. The number of carbonyl (C=O) groups excluding carboxylic acids is 1. The van der Waals surface area contributed by atoms with E-state index in [1.807, 2.05) is 24.8 Å². The van der Waals surface area contributed by atoms with Crippen molar-refractivity contribution < 1.29 is 4.79 Å². The van der Waals surface area contributed by atoms with Gasteiger partial charge >= 0.3 is 0 Å². The highest BCUT2D eigenvalue weighted by Crippen LogP contribution is 2.25. The highest BCUT2D eigenvalue weighted by Gasteiger charge is 2.23. The number of hydrogen-bond donors (Lipinski definition) is 0. The Hall–Kier alpha value is -1.75. The van der Waals surface area contributed by atoms with E-state index >= 15 is 0 Å². The zero-order valence-corrected chi connectivity index (χ0v) is 14.5. The Morgan fingerprint density at radius 2 is 1.86 bits per heavy atom. The number of nitrogens with zero attached hydrogens (tertiary/aromatic N) is 1. The second kappa shape index (κ2) is 9.30. The first-order valence-corrected chi connectivity index (χ1v) is 8.23. The van der Waals surface area contributed by atoms with Gasteiger partial charge in [-0.2, -0.15) is 0 Å². The first-order chi connectivity index (χ1) is 10.5. The molecule has 120 valence electrons. The maximum absolute atomic E-state index is 12.3. The summed E-state index contributed by atoms with van der Waals surface area (Å²) in [5.74, 6) is 3.47. The average molecular weight is 299 g/mol. The summed E-state index contributed by atoms with van der Waals surface area (Å²) in [7, 11) is 0. The van der Waals surface area contributed by atoms with Crippen molar-refractivity contribution in [2.75, 3.05) is 13.1 Å². The van der Waals surface area contributed by atoms with Crippen LogP contribution >= 0.6 is 0 Å². The molecule has 1 fully saturated rings. The van der Waals surface area contributed by atoms with E-state index in [2.05, 4.69) is 31.9 Å². The number of amides is 1. The maximum atomic E-state index is 12.3. The summed E-state index contributed by atoms with van der Waals surface area (Å²) < 4.78 is 0. The maximum Gasteiger partial charge on any atom is 0.226 e. The number of likely N-dealkylation sites (tertiary alicyclic amines) is 1. The predicted octanol–water partition coefficient (Wildman–Crippen LogP) is 4.50. The quantitative estimate of drug-likeness (QED) is 0.416. The Balaban J connectivity index is 2.51. The molecule has 0 spiro atoms. The molecule has 1 rings (SSSR count). The fraction of sp³-hybridized carbons (Fsp3) is 0.550. The SMILES string of the molecule is C#C/C(C)=C/C=C(\C)C1CCN(C(=O)C/C(C)=C\CC)CC1. The van der Waals surface area contributed by atoms with Crippen LogP contribution in [-0.2, 0) is 4.79 Å². The Kier molecular flexibility index (Phi) is 7.74. The monoisotopic (exact) mass is 299 g/mol. The van der Waals surface area contributed by atoms with Crippen LogP contribution in [0.4, 0.5) is 0 Å².